The van der Waals surface area contributed by atoms with Crippen LogP contribution in [0, 0.1) is 6.92 Å². The van der Waals surface area contributed by atoms with Crippen LogP contribution in [0.4, 0.5) is 11.4 Å². The molecule has 33 heavy (non-hydrogen) atoms. The van der Waals surface area contributed by atoms with Gasteiger partial charge < -0.3 is 19.7 Å². The number of anilines is 2. The third kappa shape index (κ3) is 3.98. The molecule has 1 N–H and O–H groups in total. The summed E-state index contributed by atoms with van der Waals surface area (Å²) in [5.41, 5.74) is 6.69. The SMILES string of the molecule is Cc1ccc(N2C(=S)N[C@@H](c3ccccn3)[C@H]2c2cccn2-c2ccc(N(C)C)cc2)cc1. The summed E-state index contributed by atoms with van der Waals surface area (Å²) in [5, 5.41) is 4.25. The minimum atomic E-state index is -0.0744. The standard InChI is InChI=1S/C27H27N5S/c1-19-9-11-22(12-10-19)32-26(25(29-27(32)33)23-7-4-5-17-28-23)24-8-6-18-31(24)21-15-13-20(14-16-21)30(2)3/h4-18,25-26H,1-3H3,(H,29,33)/t25-,26+/m0/s1. The summed E-state index contributed by atoms with van der Waals surface area (Å²) < 4.78 is 2.25. The van der Waals surface area contributed by atoms with Gasteiger partial charge in [0.15, 0.2) is 5.11 Å². The van der Waals surface area contributed by atoms with Crippen molar-refractivity contribution in [2.24, 2.45) is 0 Å². The Morgan fingerprint density at radius 3 is 2.27 bits per heavy atom. The van der Waals surface area contributed by atoms with Crippen LogP contribution in [0.3, 0.4) is 0 Å². The first-order chi connectivity index (χ1) is 16.0. The molecule has 0 aliphatic carbocycles. The number of aryl methyl sites for hydroxylation is 1. The Morgan fingerprint density at radius 2 is 1.61 bits per heavy atom. The van der Waals surface area contributed by atoms with E-state index in [0.717, 1.165) is 22.8 Å². The Hall–Kier alpha value is -3.64. The lowest BCUT2D eigenvalue weighted by Gasteiger charge is -2.29. The Balaban J connectivity index is 1.63. The highest BCUT2D eigenvalue weighted by Crippen LogP contribution is 2.42. The van der Waals surface area contributed by atoms with E-state index in [1.807, 2.05) is 18.3 Å². The third-order valence-corrected chi connectivity index (χ3v) is 6.45. The van der Waals surface area contributed by atoms with E-state index >= 15 is 0 Å². The molecule has 2 atom stereocenters. The molecule has 2 aromatic heterocycles. The molecule has 1 aliphatic rings. The smallest absolute Gasteiger partial charge is 0.174 e. The van der Waals surface area contributed by atoms with E-state index in [0.29, 0.717) is 5.11 Å². The van der Waals surface area contributed by atoms with Crippen LogP contribution >= 0.6 is 12.2 Å². The summed E-state index contributed by atoms with van der Waals surface area (Å²) in [5.74, 6) is 0. The Kier molecular flexibility index (Phi) is 5.60. The van der Waals surface area contributed by atoms with E-state index in [4.69, 9.17) is 12.2 Å². The molecule has 0 amide bonds. The fourth-order valence-electron chi connectivity index (χ4n) is 4.42. The second kappa shape index (κ2) is 8.71. The van der Waals surface area contributed by atoms with Crippen molar-refractivity contribution in [3.8, 4) is 5.69 Å². The van der Waals surface area contributed by atoms with Gasteiger partial charge in [0.05, 0.1) is 11.7 Å². The van der Waals surface area contributed by atoms with E-state index in [-0.39, 0.29) is 12.1 Å². The van der Waals surface area contributed by atoms with Crippen LogP contribution < -0.4 is 15.1 Å². The molecule has 4 aromatic rings. The molecule has 1 aliphatic heterocycles. The van der Waals surface area contributed by atoms with Crippen molar-refractivity contribution in [2.75, 3.05) is 23.9 Å². The molecule has 0 spiro atoms. The lowest BCUT2D eigenvalue weighted by atomic mass is 10.0. The third-order valence-electron chi connectivity index (χ3n) is 6.14. The molecule has 5 nitrogen and oxygen atoms in total. The normalized spacial score (nSPS) is 17.8. The highest BCUT2D eigenvalue weighted by molar-refractivity contribution is 7.80. The molecule has 1 saturated heterocycles. The maximum absolute atomic E-state index is 5.86. The molecular weight excluding hydrogens is 426 g/mol. The lowest BCUT2D eigenvalue weighted by Crippen LogP contribution is -2.30. The van der Waals surface area contributed by atoms with Gasteiger partial charge in [-0.1, -0.05) is 23.8 Å². The predicted molar refractivity (Wildman–Crippen MR) is 139 cm³/mol. The molecule has 1 fully saturated rings. The van der Waals surface area contributed by atoms with Crippen LogP contribution in [0.5, 0.6) is 0 Å². The van der Waals surface area contributed by atoms with Gasteiger partial charge in [0, 0.05) is 49.2 Å². The van der Waals surface area contributed by atoms with Crippen molar-refractivity contribution in [1.82, 2.24) is 14.9 Å². The van der Waals surface area contributed by atoms with Gasteiger partial charge in [-0.25, -0.2) is 0 Å². The van der Waals surface area contributed by atoms with Gasteiger partial charge in [0.2, 0.25) is 0 Å². The zero-order valence-electron chi connectivity index (χ0n) is 19.0. The van der Waals surface area contributed by atoms with E-state index < -0.39 is 0 Å². The van der Waals surface area contributed by atoms with E-state index in [1.54, 1.807) is 0 Å². The van der Waals surface area contributed by atoms with Crippen molar-refractivity contribution in [1.29, 1.82) is 0 Å². The molecule has 166 valence electrons. The van der Waals surface area contributed by atoms with E-state index in [9.17, 15) is 0 Å². The molecular formula is C27H27N5S. The quantitative estimate of drug-likeness (QED) is 0.408. The first-order valence-electron chi connectivity index (χ1n) is 11.1. The first kappa shape index (κ1) is 21.2. The number of thiocarbonyl (C=S) groups is 1. The number of hydrogen-bond donors (Lipinski definition) is 1. The number of nitrogens with one attached hydrogen (secondary N) is 1. The summed E-state index contributed by atoms with van der Waals surface area (Å²) in [6, 6.07) is 27.3. The van der Waals surface area contributed by atoms with Gasteiger partial charge in [-0.3, -0.25) is 4.98 Å². The second-order valence-electron chi connectivity index (χ2n) is 8.55. The van der Waals surface area contributed by atoms with Crippen LogP contribution in [0.1, 0.15) is 29.0 Å². The highest BCUT2D eigenvalue weighted by Gasteiger charge is 2.42. The number of pyridine rings is 1. The molecule has 5 rings (SSSR count). The predicted octanol–water partition coefficient (Wildman–Crippen LogP) is 5.42. The van der Waals surface area contributed by atoms with Crippen molar-refractivity contribution in [3.05, 3.63) is 108 Å². The van der Waals surface area contributed by atoms with Gasteiger partial charge in [-0.05, 0) is 79.8 Å². The average Bonchev–Trinajstić information content (AvgIpc) is 3.44. The second-order valence-corrected chi connectivity index (χ2v) is 8.93. The minimum absolute atomic E-state index is 0.0568. The number of rotatable bonds is 5. The monoisotopic (exact) mass is 453 g/mol. The van der Waals surface area contributed by atoms with E-state index in [2.05, 4.69) is 119 Å². The number of nitrogens with zero attached hydrogens (tertiary/aromatic N) is 4. The summed E-state index contributed by atoms with van der Waals surface area (Å²) in [7, 11) is 4.11. The fourth-order valence-corrected chi connectivity index (χ4v) is 4.77. The topological polar surface area (TPSA) is 36.3 Å². The molecule has 3 heterocycles. The molecule has 2 aromatic carbocycles. The van der Waals surface area contributed by atoms with Gasteiger partial charge in [-0.2, -0.15) is 0 Å². The van der Waals surface area contributed by atoms with Gasteiger partial charge >= 0.3 is 0 Å². The Morgan fingerprint density at radius 1 is 0.879 bits per heavy atom. The van der Waals surface area contributed by atoms with Crippen LogP contribution in [-0.4, -0.2) is 28.8 Å². The van der Waals surface area contributed by atoms with Crippen LogP contribution in [0.25, 0.3) is 5.69 Å². The number of aromatic nitrogens is 2. The van der Waals surface area contributed by atoms with Gasteiger partial charge in [0.1, 0.15) is 6.04 Å². The maximum Gasteiger partial charge on any atom is 0.174 e. The van der Waals surface area contributed by atoms with Crippen LogP contribution in [0.2, 0.25) is 0 Å². The summed E-state index contributed by atoms with van der Waals surface area (Å²) in [6.07, 6.45) is 3.95. The zero-order valence-corrected chi connectivity index (χ0v) is 19.8. The molecule has 0 unspecified atom stereocenters. The molecule has 0 saturated carbocycles. The highest BCUT2D eigenvalue weighted by atomic mass is 32.1. The molecule has 0 radical (unpaired) electrons. The average molecular weight is 454 g/mol. The Labute approximate surface area is 200 Å². The molecule has 0 bridgehead atoms. The minimum Gasteiger partial charge on any atom is -0.378 e. The zero-order chi connectivity index (χ0) is 22.9. The number of hydrogen-bond acceptors (Lipinski definition) is 3. The van der Waals surface area contributed by atoms with Gasteiger partial charge in [-0.15, -0.1) is 0 Å². The number of benzene rings is 2. The van der Waals surface area contributed by atoms with Crippen molar-refractivity contribution in [3.63, 3.8) is 0 Å². The maximum atomic E-state index is 5.86. The fraction of sp³-hybridized carbons (Fsp3) is 0.185. The van der Waals surface area contributed by atoms with Crippen molar-refractivity contribution < 1.29 is 0 Å². The first-order valence-corrected chi connectivity index (χ1v) is 11.5. The molecule has 6 heteroatoms. The van der Waals surface area contributed by atoms with Crippen LogP contribution in [-0.2, 0) is 0 Å². The largest absolute Gasteiger partial charge is 0.378 e. The summed E-state index contributed by atoms with van der Waals surface area (Å²) in [6.45, 7) is 2.10. The van der Waals surface area contributed by atoms with E-state index in [1.165, 1.54) is 11.3 Å². The van der Waals surface area contributed by atoms with Gasteiger partial charge in [0.25, 0.3) is 0 Å². The summed E-state index contributed by atoms with van der Waals surface area (Å²) >= 11 is 5.86. The van der Waals surface area contributed by atoms with Crippen molar-refractivity contribution >= 4 is 28.7 Å². The van der Waals surface area contributed by atoms with Crippen molar-refractivity contribution in [2.45, 2.75) is 19.0 Å². The Bertz CT molecular complexity index is 1250. The lowest BCUT2D eigenvalue weighted by molar-refractivity contribution is 0.549. The summed E-state index contributed by atoms with van der Waals surface area (Å²) in [4.78, 5) is 8.99. The van der Waals surface area contributed by atoms with Crippen LogP contribution in [0.15, 0.2) is 91.3 Å².